The van der Waals surface area contributed by atoms with Crippen molar-refractivity contribution in [3.05, 3.63) is 35.7 Å². The summed E-state index contributed by atoms with van der Waals surface area (Å²) in [5, 5.41) is 19.7. The summed E-state index contributed by atoms with van der Waals surface area (Å²) in [5.41, 5.74) is 1.78. The van der Waals surface area contributed by atoms with Crippen LogP contribution in [0, 0.1) is 6.92 Å². The van der Waals surface area contributed by atoms with Crippen LogP contribution < -0.4 is 0 Å². The van der Waals surface area contributed by atoms with Crippen LogP contribution in [-0.2, 0) is 11.2 Å². The lowest BCUT2D eigenvalue weighted by atomic mass is 10.2. The molecule has 0 unspecified atom stereocenters. The number of aryl methyl sites for hydroxylation is 1. The van der Waals surface area contributed by atoms with Crippen LogP contribution in [0.5, 0.6) is 0 Å². The number of carbonyl (C=O) groups is 1. The van der Waals surface area contributed by atoms with Gasteiger partial charge in [0.15, 0.2) is 5.82 Å². The summed E-state index contributed by atoms with van der Waals surface area (Å²) in [6, 6.07) is 7.52. The van der Waals surface area contributed by atoms with E-state index in [4.69, 9.17) is 5.11 Å². The molecule has 0 fully saturated rings. The van der Waals surface area contributed by atoms with E-state index in [1.54, 1.807) is 0 Å². The molecule has 0 amide bonds. The van der Waals surface area contributed by atoms with E-state index in [1.807, 2.05) is 31.2 Å². The highest BCUT2D eigenvalue weighted by Gasteiger charge is 2.12. The second-order valence-corrected chi connectivity index (χ2v) is 3.36. The normalized spacial score (nSPS) is 10.3. The van der Waals surface area contributed by atoms with Crippen LogP contribution in [0.1, 0.15) is 11.4 Å². The maximum atomic E-state index is 10.6. The van der Waals surface area contributed by atoms with Crippen molar-refractivity contribution < 1.29 is 9.90 Å². The second-order valence-electron chi connectivity index (χ2n) is 3.36. The lowest BCUT2D eigenvalue weighted by Crippen LogP contribution is -2.09. The van der Waals surface area contributed by atoms with Crippen LogP contribution in [0.3, 0.4) is 0 Å². The summed E-state index contributed by atoms with van der Waals surface area (Å²) in [4.78, 5) is 10.6. The van der Waals surface area contributed by atoms with Gasteiger partial charge in [-0.1, -0.05) is 18.2 Å². The number of carboxylic acid groups (broad SMARTS) is 1. The number of carboxylic acids is 1. The third-order valence-electron chi connectivity index (χ3n) is 2.19. The van der Waals surface area contributed by atoms with E-state index in [-0.39, 0.29) is 6.42 Å². The van der Waals surface area contributed by atoms with Gasteiger partial charge >= 0.3 is 5.97 Å². The van der Waals surface area contributed by atoms with Crippen molar-refractivity contribution in [2.24, 2.45) is 0 Å². The van der Waals surface area contributed by atoms with Gasteiger partial charge in [-0.05, 0) is 29.0 Å². The van der Waals surface area contributed by atoms with Gasteiger partial charge in [0.05, 0.1) is 5.69 Å². The molecule has 1 heterocycles. The van der Waals surface area contributed by atoms with Crippen LogP contribution in [0.4, 0.5) is 0 Å². The molecular formula is C10H10N4O2. The predicted molar refractivity (Wildman–Crippen MR) is 55.2 cm³/mol. The van der Waals surface area contributed by atoms with Gasteiger partial charge < -0.3 is 5.11 Å². The zero-order valence-electron chi connectivity index (χ0n) is 8.66. The Morgan fingerprint density at radius 3 is 2.88 bits per heavy atom. The number of hydrogen-bond donors (Lipinski definition) is 1. The molecule has 2 rings (SSSR count). The average molecular weight is 218 g/mol. The maximum Gasteiger partial charge on any atom is 0.311 e. The molecule has 0 spiro atoms. The van der Waals surface area contributed by atoms with E-state index in [0.29, 0.717) is 5.82 Å². The monoisotopic (exact) mass is 218 g/mol. The molecule has 0 aliphatic carbocycles. The summed E-state index contributed by atoms with van der Waals surface area (Å²) in [6.07, 6.45) is -0.193. The van der Waals surface area contributed by atoms with E-state index in [1.165, 1.54) is 4.68 Å². The van der Waals surface area contributed by atoms with Gasteiger partial charge in [-0.25, -0.2) is 0 Å². The van der Waals surface area contributed by atoms with E-state index in [0.717, 1.165) is 11.3 Å². The number of rotatable bonds is 3. The zero-order valence-corrected chi connectivity index (χ0v) is 8.66. The molecule has 16 heavy (non-hydrogen) atoms. The van der Waals surface area contributed by atoms with Crippen LogP contribution in [0.2, 0.25) is 0 Å². The topological polar surface area (TPSA) is 80.9 Å². The van der Waals surface area contributed by atoms with Crippen LogP contribution in [0.25, 0.3) is 5.69 Å². The van der Waals surface area contributed by atoms with Gasteiger partial charge in [0.2, 0.25) is 0 Å². The molecule has 6 heteroatoms. The van der Waals surface area contributed by atoms with Crippen LogP contribution >= 0.6 is 0 Å². The fraction of sp³-hybridized carbons (Fsp3) is 0.200. The van der Waals surface area contributed by atoms with Gasteiger partial charge in [-0.15, -0.1) is 5.10 Å². The number of aromatic nitrogens is 4. The van der Waals surface area contributed by atoms with Gasteiger partial charge in [0.1, 0.15) is 6.42 Å². The fourth-order valence-electron chi connectivity index (χ4n) is 1.44. The largest absolute Gasteiger partial charge is 0.481 e. The molecule has 0 aliphatic rings. The first-order valence-corrected chi connectivity index (χ1v) is 4.73. The molecule has 82 valence electrons. The number of hydrogen-bond acceptors (Lipinski definition) is 4. The summed E-state index contributed by atoms with van der Waals surface area (Å²) in [7, 11) is 0. The lowest BCUT2D eigenvalue weighted by molar-refractivity contribution is -0.136. The fourth-order valence-corrected chi connectivity index (χ4v) is 1.44. The van der Waals surface area contributed by atoms with E-state index in [2.05, 4.69) is 15.5 Å². The Morgan fingerprint density at radius 2 is 2.19 bits per heavy atom. The van der Waals surface area contributed by atoms with Crippen molar-refractivity contribution in [2.75, 3.05) is 0 Å². The van der Waals surface area contributed by atoms with Crippen molar-refractivity contribution in [1.82, 2.24) is 20.2 Å². The minimum atomic E-state index is -0.954. The van der Waals surface area contributed by atoms with E-state index >= 15 is 0 Å². The third kappa shape index (κ3) is 1.90. The first-order chi connectivity index (χ1) is 7.68. The Kier molecular flexibility index (Phi) is 2.63. The molecule has 6 nitrogen and oxygen atoms in total. The van der Waals surface area contributed by atoms with Gasteiger partial charge in [-0.3, -0.25) is 4.79 Å². The zero-order chi connectivity index (χ0) is 11.5. The van der Waals surface area contributed by atoms with Crippen molar-refractivity contribution in [2.45, 2.75) is 13.3 Å². The molecule has 0 radical (unpaired) electrons. The van der Waals surface area contributed by atoms with Crippen molar-refractivity contribution >= 4 is 5.97 Å². The van der Waals surface area contributed by atoms with Crippen LogP contribution in [-0.4, -0.2) is 31.3 Å². The highest BCUT2D eigenvalue weighted by Crippen LogP contribution is 2.13. The highest BCUT2D eigenvalue weighted by molar-refractivity contribution is 5.69. The van der Waals surface area contributed by atoms with E-state index < -0.39 is 5.97 Å². The summed E-state index contributed by atoms with van der Waals surface area (Å²) in [5.74, 6) is -0.633. The number of para-hydroxylation sites is 1. The molecule has 1 aromatic heterocycles. The second kappa shape index (κ2) is 4.09. The Labute approximate surface area is 91.5 Å². The Bertz CT molecular complexity index is 521. The predicted octanol–water partition coefficient (Wildman–Crippen LogP) is 0.598. The molecule has 0 atom stereocenters. The number of nitrogens with zero attached hydrogens (tertiary/aromatic N) is 4. The minimum Gasteiger partial charge on any atom is -0.481 e. The Balaban J connectivity index is 2.45. The molecule has 0 bridgehead atoms. The highest BCUT2D eigenvalue weighted by atomic mass is 16.4. The Hall–Kier alpha value is -2.24. The smallest absolute Gasteiger partial charge is 0.311 e. The molecule has 0 aliphatic heterocycles. The SMILES string of the molecule is Cc1ccccc1-n1nnnc1CC(=O)O. The van der Waals surface area contributed by atoms with Gasteiger partial charge in [0.25, 0.3) is 0 Å². The maximum absolute atomic E-state index is 10.6. The standard InChI is InChI=1S/C10H10N4O2/c1-7-4-2-3-5-8(7)14-9(6-10(15)16)11-12-13-14/h2-5H,6H2,1H3,(H,15,16). The van der Waals surface area contributed by atoms with Gasteiger partial charge in [0, 0.05) is 0 Å². The quantitative estimate of drug-likeness (QED) is 0.815. The lowest BCUT2D eigenvalue weighted by Gasteiger charge is -2.05. The number of benzene rings is 1. The molecule has 0 saturated heterocycles. The first kappa shape index (κ1) is 10.3. The molecule has 1 aromatic carbocycles. The van der Waals surface area contributed by atoms with Crippen molar-refractivity contribution in [1.29, 1.82) is 0 Å². The summed E-state index contributed by atoms with van der Waals surface area (Å²) in [6.45, 7) is 1.92. The number of aliphatic carboxylic acids is 1. The van der Waals surface area contributed by atoms with Crippen molar-refractivity contribution in [3.63, 3.8) is 0 Å². The third-order valence-corrected chi connectivity index (χ3v) is 2.19. The molecule has 0 saturated carbocycles. The molecule has 2 aromatic rings. The van der Waals surface area contributed by atoms with E-state index in [9.17, 15) is 4.79 Å². The average Bonchev–Trinajstić information content (AvgIpc) is 2.66. The van der Waals surface area contributed by atoms with Crippen LogP contribution in [0.15, 0.2) is 24.3 Å². The van der Waals surface area contributed by atoms with Gasteiger partial charge in [-0.2, -0.15) is 4.68 Å². The first-order valence-electron chi connectivity index (χ1n) is 4.73. The Morgan fingerprint density at radius 1 is 1.44 bits per heavy atom. The summed E-state index contributed by atoms with van der Waals surface area (Å²) >= 11 is 0. The summed E-state index contributed by atoms with van der Waals surface area (Å²) < 4.78 is 1.45. The number of tetrazole rings is 1. The minimum absolute atomic E-state index is 0.193. The molecular weight excluding hydrogens is 208 g/mol. The van der Waals surface area contributed by atoms with Crippen molar-refractivity contribution in [3.8, 4) is 5.69 Å². The molecule has 1 N–H and O–H groups in total.